The molecule has 0 radical (unpaired) electrons. The largest absolute Gasteiger partial charge is 0.492 e. The fourth-order valence-electron chi connectivity index (χ4n) is 3.89. The van der Waals surface area contributed by atoms with Gasteiger partial charge in [0.1, 0.15) is 11.3 Å². The Morgan fingerprint density at radius 2 is 1.67 bits per heavy atom. The molecule has 7 nitrogen and oxygen atoms in total. The minimum Gasteiger partial charge on any atom is -0.492 e. The van der Waals surface area contributed by atoms with Crippen LogP contribution < -0.4 is 15.0 Å². The number of hydrogen-bond donors (Lipinski definition) is 1. The Kier molecular flexibility index (Phi) is 6.07. The number of halogens is 1. The Morgan fingerprint density at radius 1 is 1.00 bits per heavy atom. The second kappa shape index (κ2) is 8.96. The summed E-state index contributed by atoms with van der Waals surface area (Å²) >= 11 is 6.38. The molecule has 33 heavy (non-hydrogen) atoms. The van der Waals surface area contributed by atoms with Crippen molar-refractivity contribution in [3.63, 3.8) is 0 Å². The second-order valence-electron chi connectivity index (χ2n) is 7.47. The van der Waals surface area contributed by atoms with E-state index in [0.717, 1.165) is 22.0 Å². The monoisotopic (exact) mass is 463 g/mol. The summed E-state index contributed by atoms with van der Waals surface area (Å²) in [5, 5.41) is 2.83. The number of nitrogens with one attached hydrogen (secondary N) is 1. The maximum absolute atomic E-state index is 13.3. The number of nitrogens with zero attached hydrogens (tertiary/aromatic N) is 2. The van der Waals surface area contributed by atoms with Gasteiger partial charge in [0.25, 0.3) is 11.8 Å². The summed E-state index contributed by atoms with van der Waals surface area (Å²) in [6, 6.07) is 15.2. The van der Waals surface area contributed by atoms with Crippen LogP contribution in [0.3, 0.4) is 0 Å². The van der Waals surface area contributed by atoms with Crippen LogP contribution in [0.15, 0.2) is 60.2 Å². The molecule has 0 bridgehead atoms. The first-order chi connectivity index (χ1) is 15.8. The van der Waals surface area contributed by atoms with Gasteiger partial charge in [0, 0.05) is 11.4 Å². The number of imide groups is 2. The molecule has 1 N–H and O–H groups in total. The number of aromatic nitrogens is 1. The maximum atomic E-state index is 13.3. The molecule has 0 unspecified atom stereocenters. The predicted octanol–water partition coefficient (Wildman–Crippen LogP) is 4.81. The van der Waals surface area contributed by atoms with Crippen molar-refractivity contribution < 1.29 is 19.1 Å². The van der Waals surface area contributed by atoms with Crippen molar-refractivity contribution in [2.45, 2.75) is 20.8 Å². The van der Waals surface area contributed by atoms with Crippen molar-refractivity contribution in [2.75, 3.05) is 11.5 Å². The molecular weight excluding hydrogens is 442 g/mol. The SMILES string of the molecule is CCOc1ccccc1N1C(=O)NC(=O)/C(=C\c2cc(C)n(-c3ccccc3Cl)c2C)C1=O. The van der Waals surface area contributed by atoms with Crippen molar-refractivity contribution in [3.8, 4) is 11.4 Å². The van der Waals surface area contributed by atoms with Gasteiger partial charge in [0.15, 0.2) is 0 Å². The van der Waals surface area contributed by atoms with Crippen molar-refractivity contribution in [2.24, 2.45) is 0 Å². The number of amides is 4. The van der Waals surface area contributed by atoms with Crippen LogP contribution in [0.2, 0.25) is 5.02 Å². The van der Waals surface area contributed by atoms with E-state index < -0.39 is 17.8 Å². The highest BCUT2D eigenvalue weighted by Gasteiger charge is 2.38. The number of barbiturate groups is 1. The van der Waals surface area contributed by atoms with Crippen LogP contribution in [-0.4, -0.2) is 29.0 Å². The molecular formula is C25H22ClN3O4. The van der Waals surface area contributed by atoms with Crippen molar-refractivity contribution in [1.29, 1.82) is 0 Å². The summed E-state index contributed by atoms with van der Waals surface area (Å²) in [5.74, 6) is -1.11. The van der Waals surface area contributed by atoms with Gasteiger partial charge >= 0.3 is 6.03 Å². The average molecular weight is 464 g/mol. The van der Waals surface area contributed by atoms with E-state index in [9.17, 15) is 14.4 Å². The van der Waals surface area contributed by atoms with Gasteiger partial charge in [0.05, 0.1) is 23.0 Å². The summed E-state index contributed by atoms with van der Waals surface area (Å²) in [6.07, 6.45) is 1.50. The normalized spacial score (nSPS) is 15.2. The molecule has 1 fully saturated rings. The predicted molar refractivity (Wildman–Crippen MR) is 127 cm³/mol. The smallest absolute Gasteiger partial charge is 0.336 e. The molecule has 8 heteroatoms. The van der Waals surface area contributed by atoms with E-state index in [1.165, 1.54) is 6.08 Å². The zero-order valence-corrected chi connectivity index (χ0v) is 19.1. The molecule has 168 valence electrons. The Bertz CT molecular complexity index is 1310. The molecule has 4 rings (SSSR count). The molecule has 2 heterocycles. The van der Waals surface area contributed by atoms with E-state index >= 15 is 0 Å². The first-order valence-electron chi connectivity index (χ1n) is 10.4. The Labute approximate surface area is 196 Å². The molecule has 1 aliphatic heterocycles. The molecule has 1 aromatic heterocycles. The lowest BCUT2D eigenvalue weighted by Gasteiger charge is -2.27. The molecule has 0 saturated carbocycles. The molecule has 0 spiro atoms. The minimum atomic E-state index is -0.823. The number of urea groups is 1. The van der Waals surface area contributed by atoms with Crippen LogP contribution >= 0.6 is 11.6 Å². The van der Waals surface area contributed by atoms with E-state index in [-0.39, 0.29) is 11.3 Å². The third-order valence-electron chi connectivity index (χ3n) is 5.37. The van der Waals surface area contributed by atoms with Crippen LogP contribution in [0.5, 0.6) is 5.75 Å². The fourth-order valence-corrected chi connectivity index (χ4v) is 4.11. The summed E-state index contributed by atoms with van der Waals surface area (Å²) in [4.78, 5) is 39.5. The second-order valence-corrected chi connectivity index (χ2v) is 7.88. The maximum Gasteiger partial charge on any atom is 0.336 e. The van der Waals surface area contributed by atoms with Gasteiger partial charge < -0.3 is 9.30 Å². The van der Waals surface area contributed by atoms with Gasteiger partial charge in [-0.25, -0.2) is 9.69 Å². The number of carbonyl (C=O) groups excluding carboxylic acids is 3. The number of hydrogen-bond acceptors (Lipinski definition) is 4. The number of ether oxygens (including phenoxy) is 1. The first-order valence-corrected chi connectivity index (χ1v) is 10.8. The van der Waals surface area contributed by atoms with Gasteiger partial charge in [-0.1, -0.05) is 35.9 Å². The topological polar surface area (TPSA) is 80.6 Å². The standard InChI is InChI=1S/C25H22ClN3O4/c1-4-33-22-12-8-7-11-21(22)29-24(31)18(23(30)27-25(29)32)14-17-13-15(2)28(16(17)3)20-10-6-5-9-19(20)26/h5-14H,4H2,1-3H3,(H,27,30,32)/b18-14+. The van der Waals surface area contributed by atoms with Gasteiger partial charge in [0.2, 0.25) is 0 Å². The number of anilines is 1. The lowest BCUT2D eigenvalue weighted by Crippen LogP contribution is -2.54. The molecule has 4 amide bonds. The summed E-state index contributed by atoms with van der Waals surface area (Å²) < 4.78 is 7.52. The number of carbonyl (C=O) groups is 3. The van der Waals surface area contributed by atoms with E-state index in [2.05, 4.69) is 5.32 Å². The van der Waals surface area contributed by atoms with Crippen molar-refractivity contribution in [3.05, 3.63) is 82.1 Å². The molecule has 0 atom stereocenters. The molecule has 2 aromatic carbocycles. The van der Waals surface area contributed by atoms with Crippen molar-refractivity contribution in [1.82, 2.24) is 9.88 Å². The number of benzene rings is 2. The third-order valence-corrected chi connectivity index (χ3v) is 5.69. The Hall–Kier alpha value is -3.84. The van der Waals surface area contributed by atoms with Crippen molar-refractivity contribution >= 4 is 41.2 Å². The first kappa shape index (κ1) is 22.4. The molecule has 1 saturated heterocycles. The van der Waals surface area contributed by atoms with Crippen LogP contribution in [0, 0.1) is 13.8 Å². The van der Waals surface area contributed by atoms with E-state index in [4.69, 9.17) is 16.3 Å². The number of aryl methyl sites for hydroxylation is 1. The Balaban J connectivity index is 1.78. The summed E-state index contributed by atoms with van der Waals surface area (Å²) in [6.45, 7) is 5.95. The highest BCUT2D eigenvalue weighted by atomic mass is 35.5. The van der Waals surface area contributed by atoms with E-state index in [1.807, 2.05) is 42.7 Å². The van der Waals surface area contributed by atoms with E-state index in [0.29, 0.717) is 22.9 Å². The van der Waals surface area contributed by atoms with Crippen LogP contribution in [0.1, 0.15) is 23.9 Å². The fraction of sp³-hybridized carbons (Fsp3) is 0.160. The lowest BCUT2D eigenvalue weighted by atomic mass is 10.1. The third kappa shape index (κ3) is 4.03. The van der Waals surface area contributed by atoms with Crippen LogP contribution in [0.25, 0.3) is 11.8 Å². The van der Waals surface area contributed by atoms with Crippen LogP contribution in [-0.2, 0) is 9.59 Å². The molecule has 3 aromatic rings. The average Bonchev–Trinajstić information content (AvgIpc) is 3.05. The molecule has 1 aliphatic rings. The van der Waals surface area contributed by atoms with Gasteiger partial charge in [-0.05, 0) is 62.7 Å². The van der Waals surface area contributed by atoms with Gasteiger partial charge in [-0.15, -0.1) is 0 Å². The number of para-hydroxylation sites is 3. The highest BCUT2D eigenvalue weighted by molar-refractivity contribution is 6.39. The van der Waals surface area contributed by atoms with Gasteiger partial charge in [-0.2, -0.15) is 0 Å². The zero-order chi connectivity index (χ0) is 23.7. The highest BCUT2D eigenvalue weighted by Crippen LogP contribution is 2.32. The zero-order valence-electron chi connectivity index (χ0n) is 18.4. The minimum absolute atomic E-state index is 0.152. The molecule has 0 aliphatic carbocycles. The summed E-state index contributed by atoms with van der Waals surface area (Å²) in [5.41, 5.74) is 3.25. The number of rotatable bonds is 5. The Morgan fingerprint density at radius 3 is 2.36 bits per heavy atom. The van der Waals surface area contributed by atoms with E-state index in [1.54, 1.807) is 37.3 Å². The lowest BCUT2D eigenvalue weighted by molar-refractivity contribution is -0.122. The van der Waals surface area contributed by atoms with Gasteiger partial charge in [-0.3, -0.25) is 14.9 Å². The van der Waals surface area contributed by atoms with Crippen LogP contribution in [0.4, 0.5) is 10.5 Å². The quantitative estimate of drug-likeness (QED) is 0.435. The summed E-state index contributed by atoms with van der Waals surface area (Å²) in [7, 11) is 0.